The molecule has 0 saturated carbocycles. The van der Waals surface area contributed by atoms with Gasteiger partial charge in [-0.05, 0) is 24.3 Å². The molecule has 0 aliphatic carbocycles. The maximum absolute atomic E-state index is 11.8. The Labute approximate surface area is 122 Å². The van der Waals surface area contributed by atoms with E-state index in [0.29, 0.717) is 5.02 Å². The SMILES string of the molecule is Nc1c(Cl)cccc1C(=O)OCCOc1ccccc1. The molecule has 0 heterocycles. The van der Waals surface area contributed by atoms with Crippen molar-refractivity contribution in [3.63, 3.8) is 0 Å². The van der Waals surface area contributed by atoms with Crippen molar-refractivity contribution in [2.24, 2.45) is 0 Å². The normalized spacial score (nSPS) is 10.1. The first kappa shape index (κ1) is 14.2. The van der Waals surface area contributed by atoms with Gasteiger partial charge in [-0.2, -0.15) is 0 Å². The molecule has 2 rings (SSSR count). The monoisotopic (exact) mass is 291 g/mol. The number of carbonyl (C=O) groups is 1. The Bertz CT molecular complexity index is 587. The van der Waals surface area contributed by atoms with Gasteiger partial charge >= 0.3 is 5.97 Å². The van der Waals surface area contributed by atoms with Crippen molar-refractivity contribution in [1.82, 2.24) is 0 Å². The molecule has 0 saturated heterocycles. The lowest BCUT2D eigenvalue weighted by atomic mass is 10.2. The fourth-order valence-corrected chi connectivity index (χ4v) is 1.78. The highest BCUT2D eigenvalue weighted by Gasteiger charge is 2.12. The van der Waals surface area contributed by atoms with Crippen LogP contribution in [-0.2, 0) is 4.74 Å². The second kappa shape index (κ2) is 6.82. The topological polar surface area (TPSA) is 61.6 Å². The maximum atomic E-state index is 11.8. The molecule has 104 valence electrons. The van der Waals surface area contributed by atoms with Crippen LogP contribution in [0.2, 0.25) is 5.02 Å². The Morgan fingerprint density at radius 1 is 1.05 bits per heavy atom. The largest absolute Gasteiger partial charge is 0.490 e. The van der Waals surface area contributed by atoms with Crippen molar-refractivity contribution in [1.29, 1.82) is 0 Å². The second-order valence-electron chi connectivity index (χ2n) is 4.00. The number of rotatable bonds is 5. The van der Waals surface area contributed by atoms with E-state index in [9.17, 15) is 4.79 Å². The summed E-state index contributed by atoms with van der Waals surface area (Å²) in [5.41, 5.74) is 6.20. The van der Waals surface area contributed by atoms with Crippen LogP contribution in [0.1, 0.15) is 10.4 Å². The maximum Gasteiger partial charge on any atom is 0.340 e. The molecule has 2 aromatic rings. The Morgan fingerprint density at radius 3 is 2.55 bits per heavy atom. The van der Waals surface area contributed by atoms with E-state index < -0.39 is 5.97 Å². The van der Waals surface area contributed by atoms with Crippen LogP contribution in [0.4, 0.5) is 5.69 Å². The molecule has 0 fully saturated rings. The van der Waals surface area contributed by atoms with Crippen LogP contribution in [0.15, 0.2) is 48.5 Å². The molecule has 0 aliphatic heterocycles. The van der Waals surface area contributed by atoms with Gasteiger partial charge in [0.05, 0.1) is 16.3 Å². The number of hydrogen-bond donors (Lipinski definition) is 1. The third kappa shape index (κ3) is 3.65. The van der Waals surface area contributed by atoms with Gasteiger partial charge in [0.1, 0.15) is 19.0 Å². The molecule has 0 spiro atoms. The van der Waals surface area contributed by atoms with Crippen molar-refractivity contribution < 1.29 is 14.3 Å². The number of hydrogen-bond acceptors (Lipinski definition) is 4. The molecule has 0 unspecified atom stereocenters. The van der Waals surface area contributed by atoms with Gasteiger partial charge in [0.2, 0.25) is 0 Å². The summed E-state index contributed by atoms with van der Waals surface area (Å²) in [5, 5.41) is 0.333. The fraction of sp³-hybridized carbons (Fsp3) is 0.133. The molecule has 0 amide bonds. The standard InChI is InChI=1S/C15H14ClNO3/c16-13-8-4-7-12(14(13)17)15(18)20-10-9-19-11-5-2-1-3-6-11/h1-8H,9-10,17H2. The number of halogens is 1. The molecule has 0 radical (unpaired) electrons. The van der Waals surface area contributed by atoms with Crippen LogP contribution < -0.4 is 10.5 Å². The molecule has 0 atom stereocenters. The van der Waals surface area contributed by atoms with Crippen LogP contribution in [0.3, 0.4) is 0 Å². The van der Waals surface area contributed by atoms with Gasteiger partial charge in [-0.1, -0.05) is 35.9 Å². The lowest BCUT2D eigenvalue weighted by Crippen LogP contribution is -2.13. The van der Waals surface area contributed by atoms with Crippen molar-refractivity contribution in [3.05, 3.63) is 59.1 Å². The zero-order valence-corrected chi connectivity index (χ0v) is 11.5. The van der Waals surface area contributed by atoms with E-state index >= 15 is 0 Å². The summed E-state index contributed by atoms with van der Waals surface area (Å²) in [6, 6.07) is 14.1. The van der Waals surface area contributed by atoms with Gasteiger partial charge in [-0.25, -0.2) is 4.79 Å². The number of anilines is 1. The minimum Gasteiger partial charge on any atom is -0.490 e. The quantitative estimate of drug-likeness (QED) is 0.522. The first-order valence-corrected chi connectivity index (χ1v) is 6.45. The van der Waals surface area contributed by atoms with E-state index in [2.05, 4.69) is 0 Å². The van der Waals surface area contributed by atoms with Crippen LogP contribution in [0, 0.1) is 0 Å². The fourth-order valence-electron chi connectivity index (χ4n) is 1.60. The highest BCUT2D eigenvalue weighted by atomic mass is 35.5. The first-order chi connectivity index (χ1) is 9.68. The number of esters is 1. The minimum atomic E-state index is -0.512. The Kier molecular flexibility index (Phi) is 4.85. The number of ether oxygens (including phenoxy) is 2. The molecule has 2 aromatic carbocycles. The summed E-state index contributed by atoms with van der Waals surface area (Å²) in [4.78, 5) is 11.8. The van der Waals surface area contributed by atoms with Gasteiger partial charge < -0.3 is 15.2 Å². The van der Waals surface area contributed by atoms with Gasteiger partial charge in [-0.15, -0.1) is 0 Å². The van der Waals surface area contributed by atoms with Crippen molar-refractivity contribution in [2.45, 2.75) is 0 Å². The van der Waals surface area contributed by atoms with E-state index in [1.54, 1.807) is 18.2 Å². The van der Waals surface area contributed by atoms with Crippen LogP contribution in [-0.4, -0.2) is 19.2 Å². The van der Waals surface area contributed by atoms with E-state index in [1.165, 1.54) is 0 Å². The molecular weight excluding hydrogens is 278 g/mol. The zero-order chi connectivity index (χ0) is 14.4. The third-order valence-corrected chi connectivity index (χ3v) is 2.93. The Balaban J connectivity index is 1.82. The minimum absolute atomic E-state index is 0.139. The first-order valence-electron chi connectivity index (χ1n) is 6.07. The lowest BCUT2D eigenvalue weighted by molar-refractivity contribution is 0.0451. The van der Waals surface area contributed by atoms with E-state index in [-0.39, 0.29) is 24.5 Å². The molecule has 0 aromatic heterocycles. The van der Waals surface area contributed by atoms with E-state index in [4.69, 9.17) is 26.8 Å². The molecule has 5 heteroatoms. The number of nitrogen functional groups attached to an aromatic ring is 1. The third-order valence-electron chi connectivity index (χ3n) is 2.60. The summed E-state index contributed by atoms with van der Waals surface area (Å²) >= 11 is 5.84. The summed E-state index contributed by atoms with van der Waals surface area (Å²) in [5.74, 6) is 0.215. The predicted octanol–water partition coefficient (Wildman–Crippen LogP) is 3.16. The molecule has 0 aliphatic rings. The smallest absolute Gasteiger partial charge is 0.340 e. The van der Waals surface area contributed by atoms with Crippen LogP contribution in [0.25, 0.3) is 0 Å². The number of carbonyl (C=O) groups excluding carboxylic acids is 1. The summed E-state index contributed by atoms with van der Waals surface area (Å²) in [7, 11) is 0. The van der Waals surface area contributed by atoms with Crippen LogP contribution >= 0.6 is 11.6 Å². The van der Waals surface area contributed by atoms with Crippen molar-refractivity contribution >= 4 is 23.3 Å². The Hall–Kier alpha value is -2.20. The molecule has 4 nitrogen and oxygen atoms in total. The molecule has 20 heavy (non-hydrogen) atoms. The average Bonchev–Trinajstić information content (AvgIpc) is 2.47. The lowest BCUT2D eigenvalue weighted by Gasteiger charge is -2.09. The number of para-hydroxylation sites is 2. The highest BCUT2D eigenvalue weighted by molar-refractivity contribution is 6.33. The van der Waals surface area contributed by atoms with Gasteiger partial charge in [-0.3, -0.25) is 0 Å². The molecular formula is C15H14ClNO3. The van der Waals surface area contributed by atoms with E-state index in [0.717, 1.165) is 5.75 Å². The van der Waals surface area contributed by atoms with E-state index in [1.807, 2.05) is 30.3 Å². The molecule has 2 N–H and O–H groups in total. The second-order valence-corrected chi connectivity index (χ2v) is 4.41. The highest BCUT2D eigenvalue weighted by Crippen LogP contribution is 2.22. The number of benzene rings is 2. The average molecular weight is 292 g/mol. The zero-order valence-electron chi connectivity index (χ0n) is 10.7. The summed E-state index contributed by atoms with van der Waals surface area (Å²) in [6.45, 7) is 0.413. The van der Waals surface area contributed by atoms with Gasteiger partial charge in [0, 0.05) is 0 Å². The summed E-state index contributed by atoms with van der Waals surface area (Å²) in [6.07, 6.45) is 0. The van der Waals surface area contributed by atoms with Gasteiger partial charge in [0.25, 0.3) is 0 Å². The molecule has 0 bridgehead atoms. The Morgan fingerprint density at radius 2 is 1.80 bits per heavy atom. The summed E-state index contributed by atoms with van der Waals surface area (Å²) < 4.78 is 10.5. The predicted molar refractivity (Wildman–Crippen MR) is 78.1 cm³/mol. The van der Waals surface area contributed by atoms with Crippen molar-refractivity contribution in [3.8, 4) is 5.75 Å². The van der Waals surface area contributed by atoms with Crippen molar-refractivity contribution in [2.75, 3.05) is 18.9 Å². The number of nitrogens with two attached hydrogens (primary N) is 1. The van der Waals surface area contributed by atoms with Gasteiger partial charge in [0.15, 0.2) is 0 Å². The van der Waals surface area contributed by atoms with Crippen LogP contribution in [0.5, 0.6) is 5.75 Å².